The van der Waals surface area contributed by atoms with Gasteiger partial charge in [-0.2, -0.15) is 16.8 Å². The molecule has 104 valence electrons. The van der Waals surface area contributed by atoms with E-state index in [1.165, 1.54) is 0 Å². The molecule has 18 heavy (non-hydrogen) atoms. The standard InChI is InChI=1S/C8H17NO6S2.Na.H/c1-4-5-9(2,3)6-8(17(13,14)15)7-16(10,11)12;;/h4,8H,1,5-7H2,2-3H3,(H-,10,11,12,13,14,15);;/p+1. The summed E-state index contributed by atoms with van der Waals surface area (Å²) in [5, 5.41) is -1.56. The molecular formula is C8H19NNaO6S2+. The third-order valence-corrected chi connectivity index (χ3v) is 4.33. The van der Waals surface area contributed by atoms with Gasteiger partial charge < -0.3 is 4.48 Å². The summed E-state index contributed by atoms with van der Waals surface area (Å²) in [5.41, 5.74) is 0. The monoisotopic (exact) mass is 312 g/mol. The number of nitrogens with zero attached hydrogens (tertiary/aromatic N) is 1. The van der Waals surface area contributed by atoms with Gasteiger partial charge in [0.25, 0.3) is 20.2 Å². The first kappa shape index (κ1) is 20.8. The van der Waals surface area contributed by atoms with E-state index in [0.29, 0.717) is 6.54 Å². The molecule has 0 aromatic rings. The first-order valence-electron chi connectivity index (χ1n) is 4.72. The van der Waals surface area contributed by atoms with Crippen LogP contribution in [0.25, 0.3) is 0 Å². The van der Waals surface area contributed by atoms with E-state index < -0.39 is 31.2 Å². The van der Waals surface area contributed by atoms with Gasteiger partial charge in [-0.1, -0.05) is 6.58 Å². The summed E-state index contributed by atoms with van der Waals surface area (Å²) in [6, 6.07) is 0. The van der Waals surface area contributed by atoms with Crippen molar-refractivity contribution in [2.75, 3.05) is 32.9 Å². The van der Waals surface area contributed by atoms with Gasteiger partial charge in [-0.15, -0.1) is 0 Å². The Hall–Kier alpha value is 0.520. The van der Waals surface area contributed by atoms with Gasteiger partial charge in [-0.05, 0) is 6.08 Å². The van der Waals surface area contributed by atoms with Gasteiger partial charge in [0.15, 0.2) is 5.25 Å². The Kier molecular flexibility index (Phi) is 8.50. The molecule has 0 heterocycles. The first-order chi connectivity index (χ1) is 7.37. The fourth-order valence-corrected chi connectivity index (χ4v) is 3.81. The van der Waals surface area contributed by atoms with Gasteiger partial charge in [0.05, 0.1) is 27.2 Å². The summed E-state index contributed by atoms with van der Waals surface area (Å²) in [7, 11) is -5.69. The van der Waals surface area contributed by atoms with Crippen LogP contribution >= 0.6 is 0 Å². The second kappa shape index (κ2) is 7.34. The number of quaternary nitrogens is 1. The van der Waals surface area contributed by atoms with Crippen LogP contribution in [0, 0.1) is 0 Å². The van der Waals surface area contributed by atoms with Crippen LogP contribution in [0.3, 0.4) is 0 Å². The molecule has 0 radical (unpaired) electrons. The van der Waals surface area contributed by atoms with E-state index in [1.54, 1.807) is 20.2 Å². The van der Waals surface area contributed by atoms with Crippen molar-refractivity contribution >= 4 is 49.8 Å². The van der Waals surface area contributed by atoms with Crippen LogP contribution in [-0.4, -0.2) is 98.2 Å². The Morgan fingerprint density at radius 2 is 1.67 bits per heavy atom. The van der Waals surface area contributed by atoms with Crippen LogP contribution in [0.5, 0.6) is 0 Å². The number of hydrogen-bond donors (Lipinski definition) is 2. The summed E-state index contributed by atoms with van der Waals surface area (Å²) >= 11 is 0. The maximum atomic E-state index is 11.0. The van der Waals surface area contributed by atoms with Crippen molar-refractivity contribution in [3.63, 3.8) is 0 Å². The van der Waals surface area contributed by atoms with Crippen LogP contribution in [0.4, 0.5) is 0 Å². The predicted octanol–water partition coefficient (Wildman–Crippen LogP) is -1.26. The summed E-state index contributed by atoms with van der Waals surface area (Å²) < 4.78 is 61.1. The molecule has 0 aromatic carbocycles. The molecule has 0 saturated carbocycles. The zero-order chi connectivity index (χ0) is 13.9. The topological polar surface area (TPSA) is 109 Å². The molecule has 0 fully saturated rings. The zero-order valence-corrected chi connectivity index (χ0v) is 11.4. The van der Waals surface area contributed by atoms with E-state index in [9.17, 15) is 16.8 Å². The fraction of sp³-hybridized carbons (Fsp3) is 0.750. The molecule has 1 unspecified atom stereocenters. The Labute approximate surface area is 130 Å². The molecule has 0 bridgehead atoms. The van der Waals surface area contributed by atoms with Gasteiger partial charge in [-0.3, -0.25) is 9.11 Å². The van der Waals surface area contributed by atoms with Gasteiger partial charge in [0.1, 0.15) is 5.75 Å². The average molecular weight is 312 g/mol. The predicted molar refractivity (Wildman–Crippen MR) is 70.9 cm³/mol. The quantitative estimate of drug-likeness (QED) is 0.263. The minimum absolute atomic E-state index is 0. The molecule has 0 aliphatic rings. The van der Waals surface area contributed by atoms with Crippen molar-refractivity contribution in [1.82, 2.24) is 0 Å². The summed E-state index contributed by atoms with van der Waals surface area (Å²) in [6.07, 6.45) is 1.55. The molecule has 0 aliphatic carbocycles. The Bertz CT molecular complexity index is 470. The van der Waals surface area contributed by atoms with Crippen LogP contribution in [0.2, 0.25) is 0 Å². The minimum atomic E-state index is -4.54. The fourth-order valence-electron chi connectivity index (χ4n) is 1.44. The normalized spacial score (nSPS) is 14.7. The molecule has 0 rings (SSSR count). The van der Waals surface area contributed by atoms with Crippen LogP contribution in [0.15, 0.2) is 12.7 Å². The van der Waals surface area contributed by atoms with Crippen molar-refractivity contribution in [2.24, 2.45) is 0 Å². The maximum absolute atomic E-state index is 11.0. The van der Waals surface area contributed by atoms with E-state index in [0.717, 1.165) is 0 Å². The van der Waals surface area contributed by atoms with Crippen molar-refractivity contribution in [3.8, 4) is 0 Å². The van der Waals surface area contributed by atoms with Crippen molar-refractivity contribution in [2.45, 2.75) is 5.25 Å². The second-order valence-corrected chi connectivity index (χ2v) is 7.67. The third-order valence-electron chi connectivity index (χ3n) is 2.14. The van der Waals surface area contributed by atoms with Crippen molar-refractivity contribution < 1.29 is 30.4 Å². The Balaban J connectivity index is 0. The molecule has 10 heteroatoms. The van der Waals surface area contributed by atoms with Crippen molar-refractivity contribution in [3.05, 3.63) is 12.7 Å². The molecule has 0 saturated heterocycles. The molecule has 2 N–H and O–H groups in total. The van der Waals surface area contributed by atoms with Crippen molar-refractivity contribution in [1.29, 1.82) is 0 Å². The van der Waals surface area contributed by atoms with Gasteiger partial charge in [-0.25, -0.2) is 0 Å². The Morgan fingerprint density at radius 1 is 1.22 bits per heavy atom. The first-order valence-corrected chi connectivity index (χ1v) is 7.83. The van der Waals surface area contributed by atoms with E-state index >= 15 is 0 Å². The van der Waals surface area contributed by atoms with E-state index in [1.807, 2.05) is 0 Å². The molecule has 1 atom stereocenters. The number of rotatable bonds is 7. The summed E-state index contributed by atoms with van der Waals surface area (Å²) in [4.78, 5) is 0. The third kappa shape index (κ3) is 9.45. The van der Waals surface area contributed by atoms with E-state index in [2.05, 4.69) is 6.58 Å². The van der Waals surface area contributed by atoms with Gasteiger partial charge in [0.2, 0.25) is 0 Å². The van der Waals surface area contributed by atoms with Crippen LogP contribution in [0.1, 0.15) is 0 Å². The molecule has 0 amide bonds. The SMILES string of the molecule is C=CC[N+](C)(C)CC(CS(=O)(=O)O)S(=O)(=O)O.[NaH]. The molecule has 0 spiro atoms. The van der Waals surface area contributed by atoms with Gasteiger partial charge >= 0.3 is 29.6 Å². The van der Waals surface area contributed by atoms with Crippen LogP contribution < -0.4 is 0 Å². The second-order valence-electron chi connectivity index (χ2n) is 4.48. The molecule has 7 nitrogen and oxygen atoms in total. The average Bonchev–Trinajstić information content (AvgIpc) is 1.97. The molecule has 0 aromatic heterocycles. The number of likely N-dealkylation sites (N-methyl/N-ethyl adjacent to an activating group) is 1. The van der Waals surface area contributed by atoms with Gasteiger partial charge in [0, 0.05) is 0 Å². The van der Waals surface area contributed by atoms with Crippen LogP contribution in [-0.2, 0) is 20.2 Å². The number of hydrogen-bond acceptors (Lipinski definition) is 4. The zero-order valence-electron chi connectivity index (χ0n) is 9.77. The molecular weight excluding hydrogens is 293 g/mol. The summed E-state index contributed by atoms with van der Waals surface area (Å²) in [6.45, 7) is 3.75. The van der Waals surface area contributed by atoms with E-state index in [-0.39, 0.29) is 40.6 Å². The summed E-state index contributed by atoms with van der Waals surface area (Å²) in [5.74, 6) is -1.02. The molecule has 0 aliphatic heterocycles. The Morgan fingerprint density at radius 3 is 1.94 bits per heavy atom. The van der Waals surface area contributed by atoms with E-state index in [4.69, 9.17) is 9.11 Å².